The summed E-state index contributed by atoms with van der Waals surface area (Å²) in [6, 6.07) is 3.70. The van der Waals surface area contributed by atoms with E-state index in [1.807, 2.05) is 12.1 Å². The molecule has 7 nitrogen and oxygen atoms in total. The number of likely N-dealkylation sites (tertiary alicyclic amines) is 1. The number of thiazole rings is 1. The molecule has 0 spiro atoms. The lowest BCUT2D eigenvalue weighted by Crippen LogP contribution is -2.42. The van der Waals surface area contributed by atoms with Gasteiger partial charge in [-0.2, -0.15) is 0 Å². The Kier molecular flexibility index (Phi) is 5.60. The van der Waals surface area contributed by atoms with Crippen LogP contribution in [0.1, 0.15) is 30.3 Å². The van der Waals surface area contributed by atoms with Crippen molar-refractivity contribution in [3.05, 3.63) is 35.6 Å². The minimum absolute atomic E-state index is 0.149. The zero-order valence-electron chi connectivity index (χ0n) is 14.0. The average molecular weight is 360 g/mol. The molecule has 0 saturated carbocycles. The molecule has 0 aromatic carbocycles. The molecule has 132 valence electrons. The van der Waals surface area contributed by atoms with Crippen LogP contribution in [0, 0.1) is 5.92 Å². The molecule has 1 N–H and O–H groups in total. The summed E-state index contributed by atoms with van der Waals surface area (Å²) in [4.78, 5) is 34.7. The molecule has 1 atom stereocenters. The molecule has 1 aliphatic heterocycles. The van der Waals surface area contributed by atoms with Crippen molar-refractivity contribution in [2.45, 2.75) is 19.8 Å². The lowest BCUT2D eigenvalue weighted by Gasteiger charge is -2.31. The van der Waals surface area contributed by atoms with Crippen LogP contribution in [0.5, 0.6) is 0 Å². The van der Waals surface area contributed by atoms with E-state index in [4.69, 9.17) is 4.74 Å². The molecule has 0 radical (unpaired) electrons. The van der Waals surface area contributed by atoms with Gasteiger partial charge in [0.1, 0.15) is 5.69 Å². The fourth-order valence-corrected chi connectivity index (χ4v) is 3.47. The van der Waals surface area contributed by atoms with Gasteiger partial charge in [-0.3, -0.25) is 14.6 Å². The summed E-state index contributed by atoms with van der Waals surface area (Å²) in [5.41, 5.74) is 1.21. The average Bonchev–Trinajstić information content (AvgIpc) is 3.11. The van der Waals surface area contributed by atoms with Crippen LogP contribution in [-0.4, -0.2) is 46.4 Å². The number of carbonyl (C=O) groups excluding carboxylic acids is 2. The van der Waals surface area contributed by atoms with E-state index in [1.165, 1.54) is 11.3 Å². The first-order valence-electron chi connectivity index (χ1n) is 8.26. The second-order valence-electron chi connectivity index (χ2n) is 5.75. The molecule has 3 heterocycles. The number of carbonyl (C=O) groups is 2. The van der Waals surface area contributed by atoms with Gasteiger partial charge in [-0.1, -0.05) is 0 Å². The van der Waals surface area contributed by atoms with Crippen LogP contribution in [0.3, 0.4) is 0 Å². The fourth-order valence-electron chi connectivity index (χ4n) is 2.77. The third-order valence-electron chi connectivity index (χ3n) is 3.96. The first-order valence-corrected chi connectivity index (χ1v) is 9.14. The SMILES string of the molecule is CCOC(=O)C1CCCN(C(=O)c2csc(Nc3cccnc3)n2)C1. The quantitative estimate of drug-likeness (QED) is 0.825. The smallest absolute Gasteiger partial charge is 0.310 e. The number of pyridine rings is 1. The van der Waals surface area contributed by atoms with Crippen molar-refractivity contribution in [1.82, 2.24) is 14.9 Å². The number of rotatable bonds is 5. The number of amides is 1. The van der Waals surface area contributed by atoms with Crippen molar-refractivity contribution < 1.29 is 14.3 Å². The molecule has 1 saturated heterocycles. The summed E-state index contributed by atoms with van der Waals surface area (Å²) in [6.07, 6.45) is 4.93. The van der Waals surface area contributed by atoms with Gasteiger partial charge in [-0.25, -0.2) is 4.98 Å². The predicted octanol–water partition coefficient (Wildman–Crippen LogP) is 2.70. The second kappa shape index (κ2) is 8.06. The number of nitrogens with one attached hydrogen (secondary N) is 1. The van der Waals surface area contributed by atoms with Gasteiger partial charge in [0.2, 0.25) is 0 Å². The van der Waals surface area contributed by atoms with Gasteiger partial charge in [-0.05, 0) is 31.9 Å². The van der Waals surface area contributed by atoms with Gasteiger partial charge in [-0.15, -0.1) is 11.3 Å². The van der Waals surface area contributed by atoms with E-state index in [0.29, 0.717) is 30.5 Å². The molecule has 25 heavy (non-hydrogen) atoms. The van der Waals surface area contributed by atoms with Crippen LogP contribution in [0.2, 0.25) is 0 Å². The Morgan fingerprint density at radius 1 is 1.48 bits per heavy atom. The lowest BCUT2D eigenvalue weighted by atomic mass is 9.98. The maximum absolute atomic E-state index is 12.7. The fraction of sp³-hybridized carbons (Fsp3) is 0.412. The van der Waals surface area contributed by atoms with Crippen LogP contribution >= 0.6 is 11.3 Å². The molecule has 2 aromatic rings. The summed E-state index contributed by atoms with van der Waals surface area (Å²) >= 11 is 1.36. The van der Waals surface area contributed by atoms with Gasteiger partial charge < -0.3 is 15.0 Å². The summed E-state index contributed by atoms with van der Waals surface area (Å²) in [6.45, 7) is 3.17. The number of anilines is 2. The van der Waals surface area contributed by atoms with Crippen molar-refractivity contribution in [3.63, 3.8) is 0 Å². The summed E-state index contributed by atoms with van der Waals surface area (Å²) in [5, 5.41) is 5.49. The molecular weight excluding hydrogens is 340 g/mol. The first kappa shape index (κ1) is 17.3. The van der Waals surface area contributed by atoms with Gasteiger partial charge >= 0.3 is 5.97 Å². The van der Waals surface area contributed by atoms with Crippen molar-refractivity contribution in [3.8, 4) is 0 Å². The molecule has 8 heteroatoms. The van der Waals surface area contributed by atoms with Crippen molar-refractivity contribution in [2.24, 2.45) is 5.92 Å². The zero-order valence-corrected chi connectivity index (χ0v) is 14.8. The Labute approximate surface area is 150 Å². The molecule has 0 aliphatic carbocycles. The summed E-state index contributed by atoms with van der Waals surface area (Å²) in [7, 11) is 0. The summed E-state index contributed by atoms with van der Waals surface area (Å²) in [5.74, 6) is -0.619. The summed E-state index contributed by atoms with van der Waals surface area (Å²) < 4.78 is 5.08. The highest BCUT2D eigenvalue weighted by Crippen LogP contribution is 2.23. The maximum Gasteiger partial charge on any atom is 0.310 e. The zero-order chi connectivity index (χ0) is 17.6. The van der Waals surface area contributed by atoms with E-state index in [0.717, 1.165) is 18.5 Å². The highest BCUT2D eigenvalue weighted by atomic mass is 32.1. The van der Waals surface area contributed by atoms with Crippen molar-refractivity contribution >= 4 is 34.0 Å². The van der Waals surface area contributed by atoms with Crippen LogP contribution < -0.4 is 5.32 Å². The Morgan fingerprint density at radius 2 is 2.36 bits per heavy atom. The van der Waals surface area contributed by atoms with E-state index in [2.05, 4.69) is 15.3 Å². The van der Waals surface area contributed by atoms with Gasteiger partial charge in [0.15, 0.2) is 5.13 Å². The van der Waals surface area contributed by atoms with Gasteiger partial charge in [0.25, 0.3) is 5.91 Å². The monoisotopic (exact) mass is 360 g/mol. The van der Waals surface area contributed by atoms with E-state index in [9.17, 15) is 9.59 Å². The highest BCUT2D eigenvalue weighted by molar-refractivity contribution is 7.14. The Morgan fingerprint density at radius 3 is 3.12 bits per heavy atom. The van der Waals surface area contributed by atoms with E-state index < -0.39 is 0 Å². The largest absolute Gasteiger partial charge is 0.466 e. The van der Waals surface area contributed by atoms with Crippen LogP contribution in [0.4, 0.5) is 10.8 Å². The Hall–Kier alpha value is -2.48. The van der Waals surface area contributed by atoms with Gasteiger partial charge in [0.05, 0.1) is 24.4 Å². The first-order chi connectivity index (χ1) is 12.2. The molecule has 3 rings (SSSR count). The molecule has 1 fully saturated rings. The Bertz CT molecular complexity index is 735. The Balaban J connectivity index is 1.64. The third-order valence-corrected chi connectivity index (χ3v) is 4.72. The number of hydrogen-bond donors (Lipinski definition) is 1. The number of esters is 1. The predicted molar refractivity (Wildman–Crippen MR) is 94.9 cm³/mol. The van der Waals surface area contributed by atoms with Crippen molar-refractivity contribution in [1.29, 1.82) is 0 Å². The molecule has 2 aromatic heterocycles. The van der Waals surface area contributed by atoms with Crippen molar-refractivity contribution in [2.75, 3.05) is 25.0 Å². The molecular formula is C17H20N4O3S. The molecule has 1 aliphatic rings. The highest BCUT2D eigenvalue weighted by Gasteiger charge is 2.30. The third kappa shape index (κ3) is 4.33. The van der Waals surface area contributed by atoms with Crippen LogP contribution in [0.15, 0.2) is 29.9 Å². The number of nitrogens with zero attached hydrogens (tertiary/aromatic N) is 3. The standard InChI is InChI=1S/C17H20N4O3S/c1-2-24-16(23)12-5-4-8-21(10-12)15(22)14-11-25-17(20-14)19-13-6-3-7-18-9-13/h3,6-7,9,11-12H,2,4-5,8,10H2,1H3,(H,19,20). The second-order valence-corrected chi connectivity index (χ2v) is 6.61. The number of ether oxygens (including phenoxy) is 1. The van der Waals surface area contributed by atoms with Crippen LogP contribution in [0.25, 0.3) is 0 Å². The molecule has 0 bridgehead atoms. The minimum Gasteiger partial charge on any atom is -0.466 e. The minimum atomic E-state index is -0.246. The number of hydrogen-bond acceptors (Lipinski definition) is 7. The van der Waals surface area contributed by atoms with Gasteiger partial charge in [0, 0.05) is 24.7 Å². The number of aromatic nitrogens is 2. The molecule has 1 unspecified atom stereocenters. The van der Waals surface area contributed by atoms with E-state index in [-0.39, 0.29) is 17.8 Å². The van der Waals surface area contributed by atoms with Crippen LogP contribution in [-0.2, 0) is 9.53 Å². The number of piperidine rings is 1. The topological polar surface area (TPSA) is 84.4 Å². The van der Waals surface area contributed by atoms with E-state index >= 15 is 0 Å². The lowest BCUT2D eigenvalue weighted by molar-refractivity contribution is -0.149. The maximum atomic E-state index is 12.7. The van der Waals surface area contributed by atoms with E-state index in [1.54, 1.807) is 29.6 Å². The molecule has 1 amide bonds. The normalized spacial score (nSPS) is 17.2.